The summed E-state index contributed by atoms with van der Waals surface area (Å²) in [5.74, 6) is -0.126. The zero-order valence-electron chi connectivity index (χ0n) is 12.7. The number of nitrogens with two attached hydrogens (primary N) is 1. The highest BCUT2D eigenvalue weighted by Gasteiger charge is 2.46. The second-order valence-electron chi connectivity index (χ2n) is 7.20. The van der Waals surface area contributed by atoms with Gasteiger partial charge >= 0.3 is 0 Å². The molecule has 1 saturated heterocycles. The van der Waals surface area contributed by atoms with Crippen molar-refractivity contribution in [2.45, 2.75) is 88.4 Å². The van der Waals surface area contributed by atoms with Gasteiger partial charge < -0.3 is 11.1 Å². The average molecular weight is 279 g/mol. The van der Waals surface area contributed by atoms with Gasteiger partial charge in [0.15, 0.2) is 0 Å². The molecular weight excluding hydrogens is 250 g/mol. The minimum atomic E-state index is -0.429. The summed E-state index contributed by atoms with van der Waals surface area (Å²) in [5.41, 5.74) is 5.36. The Morgan fingerprint density at radius 3 is 2.65 bits per heavy atom. The van der Waals surface area contributed by atoms with E-state index in [4.69, 9.17) is 5.73 Å². The van der Waals surface area contributed by atoms with E-state index in [-0.39, 0.29) is 5.91 Å². The van der Waals surface area contributed by atoms with Crippen LogP contribution < -0.4 is 11.1 Å². The Bertz CT molecular complexity index is 369. The van der Waals surface area contributed by atoms with Crippen LogP contribution in [-0.4, -0.2) is 41.0 Å². The van der Waals surface area contributed by atoms with Crippen molar-refractivity contribution in [1.29, 1.82) is 0 Å². The van der Waals surface area contributed by atoms with Crippen LogP contribution in [0.4, 0.5) is 0 Å². The maximum Gasteiger partial charge on any atom is 0.237 e. The number of likely N-dealkylation sites (tertiary alicyclic amines) is 1. The molecule has 20 heavy (non-hydrogen) atoms. The molecule has 1 aliphatic heterocycles. The summed E-state index contributed by atoms with van der Waals surface area (Å²) >= 11 is 0. The lowest BCUT2D eigenvalue weighted by Crippen LogP contribution is -2.62. The number of piperidine rings is 1. The van der Waals surface area contributed by atoms with Crippen LogP contribution in [0.3, 0.4) is 0 Å². The van der Waals surface area contributed by atoms with E-state index in [1.54, 1.807) is 0 Å². The summed E-state index contributed by atoms with van der Waals surface area (Å²) in [5, 5.41) is 3.59. The number of primary amides is 1. The van der Waals surface area contributed by atoms with Gasteiger partial charge in [0.05, 0.1) is 5.54 Å². The SMILES string of the molecule is CC1CCCCN1C1CCCC(NC2CC2)(C(N)=O)C1. The predicted molar refractivity (Wildman–Crippen MR) is 80.4 cm³/mol. The standard InChI is InChI=1S/C16H29N3O/c1-12-5-2-3-10-19(12)14-6-4-9-16(11-14,15(17)20)18-13-7-8-13/h12-14,18H,2-11H2,1H3,(H2,17,20). The van der Waals surface area contributed by atoms with Gasteiger partial charge in [-0.1, -0.05) is 6.42 Å². The molecule has 0 aromatic rings. The van der Waals surface area contributed by atoms with Crippen molar-refractivity contribution in [3.63, 3.8) is 0 Å². The maximum atomic E-state index is 12.1. The smallest absolute Gasteiger partial charge is 0.237 e. The number of hydrogen-bond donors (Lipinski definition) is 2. The summed E-state index contributed by atoms with van der Waals surface area (Å²) < 4.78 is 0. The largest absolute Gasteiger partial charge is 0.368 e. The fourth-order valence-corrected chi connectivity index (χ4v) is 4.24. The van der Waals surface area contributed by atoms with Crippen LogP contribution in [0, 0.1) is 0 Å². The van der Waals surface area contributed by atoms with Gasteiger partial charge in [-0.05, 0) is 64.8 Å². The number of nitrogens with one attached hydrogen (secondary N) is 1. The first-order chi connectivity index (χ1) is 9.61. The second-order valence-corrected chi connectivity index (χ2v) is 7.20. The third-order valence-corrected chi connectivity index (χ3v) is 5.58. The topological polar surface area (TPSA) is 58.4 Å². The van der Waals surface area contributed by atoms with Gasteiger partial charge in [0.25, 0.3) is 0 Å². The molecule has 3 rings (SSSR count). The summed E-state index contributed by atoms with van der Waals surface area (Å²) in [6, 6.07) is 1.75. The van der Waals surface area contributed by atoms with Crippen LogP contribution in [0.25, 0.3) is 0 Å². The van der Waals surface area contributed by atoms with Crippen molar-refractivity contribution in [3.05, 3.63) is 0 Å². The Morgan fingerprint density at radius 2 is 2.00 bits per heavy atom. The Balaban J connectivity index is 1.71. The molecule has 1 heterocycles. The van der Waals surface area contributed by atoms with Crippen molar-refractivity contribution in [2.75, 3.05) is 6.54 Å². The molecule has 1 amide bonds. The van der Waals surface area contributed by atoms with Gasteiger partial charge in [0, 0.05) is 18.1 Å². The van der Waals surface area contributed by atoms with E-state index >= 15 is 0 Å². The zero-order valence-corrected chi connectivity index (χ0v) is 12.7. The summed E-state index contributed by atoms with van der Waals surface area (Å²) in [6.45, 7) is 3.54. The molecule has 114 valence electrons. The summed E-state index contributed by atoms with van der Waals surface area (Å²) in [4.78, 5) is 14.7. The van der Waals surface area contributed by atoms with Crippen molar-refractivity contribution < 1.29 is 4.79 Å². The molecule has 3 N–H and O–H groups in total. The molecule has 0 aromatic heterocycles. The predicted octanol–water partition coefficient (Wildman–Crippen LogP) is 1.78. The van der Waals surface area contributed by atoms with Crippen LogP contribution >= 0.6 is 0 Å². The molecule has 3 atom stereocenters. The molecule has 0 bridgehead atoms. The number of rotatable bonds is 4. The number of nitrogens with zero attached hydrogens (tertiary/aromatic N) is 1. The van der Waals surface area contributed by atoms with Crippen LogP contribution in [0.2, 0.25) is 0 Å². The van der Waals surface area contributed by atoms with Crippen LogP contribution in [-0.2, 0) is 4.79 Å². The van der Waals surface area contributed by atoms with E-state index in [2.05, 4.69) is 17.1 Å². The average Bonchev–Trinajstić information content (AvgIpc) is 3.23. The van der Waals surface area contributed by atoms with E-state index in [0.29, 0.717) is 18.1 Å². The maximum absolute atomic E-state index is 12.1. The number of carbonyl (C=O) groups excluding carboxylic acids is 1. The molecule has 4 heteroatoms. The quantitative estimate of drug-likeness (QED) is 0.824. The Labute approximate surface area is 122 Å². The van der Waals surface area contributed by atoms with Gasteiger partial charge in [-0.3, -0.25) is 9.69 Å². The third kappa shape index (κ3) is 2.86. The number of amides is 1. The Morgan fingerprint density at radius 1 is 1.20 bits per heavy atom. The van der Waals surface area contributed by atoms with Crippen LogP contribution in [0.15, 0.2) is 0 Å². The van der Waals surface area contributed by atoms with Crippen molar-refractivity contribution in [2.24, 2.45) is 5.73 Å². The fraction of sp³-hybridized carbons (Fsp3) is 0.938. The number of hydrogen-bond acceptors (Lipinski definition) is 3. The van der Waals surface area contributed by atoms with Crippen LogP contribution in [0.5, 0.6) is 0 Å². The minimum absolute atomic E-state index is 0.126. The van der Waals surface area contributed by atoms with E-state index in [1.807, 2.05) is 0 Å². The third-order valence-electron chi connectivity index (χ3n) is 5.58. The van der Waals surface area contributed by atoms with Gasteiger partial charge in [-0.15, -0.1) is 0 Å². The summed E-state index contributed by atoms with van der Waals surface area (Å²) in [7, 11) is 0. The lowest BCUT2D eigenvalue weighted by atomic mass is 9.77. The Kier molecular flexibility index (Phi) is 4.04. The zero-order chi connectivity index (χ0) is 14.2. The highest BCUT2D eigenvalue weighted by atomic mass is 16.1. The number of carbonyl (C=O) groups is 1. The molecule has 4 nitrogen and oxygen atoms in total. The first kappa shape index (κ1) is 14.3. The molecule has 3 unspecified atom stereocenters. The van der Waals surface area contributed by atoms with E-state index in [9.17, 15) is 4.79 Å². The van der Waals surface area contributed by atoms with Gasteiger partial charge in [-0.2, -0.15) is 0 Å². The van der Waals surface area contributed by atoms with Crippen molar-refractivity contribution >= 4 is 5.91 Å². The van der Waals surface area contributed by atoms with E-state index < -0.39 is 5.54 Å². The molecule has 2 aliphatic carbocycles. The monoisotopic (exact) mass is 279 g/mol. The minimum Gasteiger partial charge on any atom is -0.368 e. The van der Waals surface area contributed by atoms with Gasteiger partial charge in [0.2, 0.25) is 5.91 Å². The molecule has 0 aromatic carbocycles. The Hall–Kier alpha value is -0.610. The molecule has 0 radical (unpaired) electrons. The highest BCUT2D eigenvalue weighted by Crippen LogP contribution is 2.36. The molecule has 2 saturated carbocycles. The summed E-state index contributed by atoms with van der Waals surface area (Å²) in [6.07, 6.45) is 10.6. The molecule has 0 spiro atoms. The van der Waals surface area contributed by atoms with Gasteiger partial charge in [0.1, 0.15) is 0 Å². The lowest BCUT2D eigenvalue weighted by molar-refractivity contribution is -0.127. The van der Waals surface area contributed by atoms with Crippen LogP contribution in [0.1, 0.15) is 64.7 Å². The van der Waals surface area contributed by atoms with E-state index in [1.165, 1.54) is 45.1 Å². The van der Waals surface area contributed by atoms with Gasteiger partial charge in [-0.25, -0.2) is 0 Å². The first-order valence-corrected chi connectivity index (χ1v) is 8.44. The second kappa shape index (κ2) is 5.64. The molecular formula is C16H29N3O. The first-order valence-electron chi connectivity index (χ1n) is 8.44. The molecule has 3 fully saturated rings. The fourth-order valence-electron chi connectivity index (χ4n) is 4.24. The lowest BCUT2D eigenvalue weighted by Gasteiger charge is -2.47. The van der Waals surface area contributed by atoms with Crippen molar-refractivity contribution in [3.8, 4) is 0 Å². The van der Waals surface area contributed by atoms with Crippen molar-refractivity contribution in [1.82, 2.24) is 10.2 Å². The van der Waals surface area contributed by atoms with E-state index in [0.717, 1.165) is 19.3 Å². The highest BCUT2D eigenvalue weighted by molar-refractivity contribution is 5.85. The molecule has 3 aliphatic rings. The normalized spacial score (nSPS) is 39.6.